The van der Waals surface area contributed by atoms with Gasteiger partial charge in [0.05, 0.1) is 17.1 Å². The number of carbonyl (C=O) groups is 1. The maximum Gasteiger partial charge on any atom is 0.338 e. The van der Waals surface area contributed by atoms with Crippen LogP contribution in [0.15, 0.2) is 53.7 Å². The standard InChI is InChI=1S/C17H20N2O4S/c1-2-19-24(21,22)16-7-5-15(6-8-16)17(20)23-13-3-4-14-9-11-18-12-10-14/h5-12,19H,2-4,13H2,1H3. The fraction of sp³-hybridized carbons (Fsp3) is 0.294. The van der Waals surface area contributed by atoms with Gasteiger partial charge in [0.15, 0.2) is 0 Å². The summed E-state index contributed by atoms with van der Waals surface area (Å²) >= 11 is 0. The molecule has 2 rings (SSSR count). The molecule has 1 aromatic carbocycles. The molecule has 0 saturated carbocycles. The SMILES string of the molecule is CCNS(=O)(=O)c1ccc(C(=O)OCCCc2ccncc2)cc1. The van der Waals surface area contributed by atoms with E-state index < -0.39 is 16.0 Å². The Bertz CT molecular complexity index is 759. The number of ether oxygens (including phenoxy) is 1. The number of benzene rings is 1. The van der Waals surface area contributed by atoms with Crippen molar-refractivity contribution < 1.29 is 17.9 Å². The second-order valence-electron chi connectivity index (χ2n) is 5.12. The number of aromatic nitrogens is 1. The molecule has 0 bridgehead atoms. The number of nitrogens with zero attached hydrogens (tertiary/aromatic N) is 1. The molecule has 128 valence electrons. The molecule has 0 aliphatic rings. The van der Waals surface area contributed by atoms with Gasteiger partial charge in [0.25, 0.3) is 0 Å². The number of carbonyl (C=O) groups excluding carboxylic acids is 1. The summed E-state index contributed by atoms with van der Waals surface area (Å²) < 4.78 is 31.3. The summed E-state index contributed by atoms with van der Waals surface area (Å²) in [6.45, 7) is 2.32. The van der Waals surface area contributed by atoms with Crippen LogP contribution in [0.4, 0.5) is 0 Å². The van der Waals surface area contributed by atoms with Gasteiger partial charge >= 0.3 is 5.97 Å². The maximum absolute atomic E-state index is 11.9. The molecule has 24 heavy (non-hydrogen) atoms. The summed E-state index contributed by atoms with van der Waals surface area (Å²) in [6, 6.07) is 9.54. The number of nitrogens with one attached hydrogen (secondary N) is 1. The van der Waals surface area contributed by atoms with E-state index in [-0.39, 0.29) is 4.90 Å². The highest BCUT2D eigenvalue weighted by Crippen LogP contribution is 2.11. The first-order chi connectivity index (χ1) is 11.5. The van der Waals surface area contributed by atoms with Crippen molar-refractivity contribution in [2.45, 2.75) is 24.7 Å². The Morgan fingerprint density at radius 1 is 1.12 bits per heavy atom. The molecule has 1 N–H and O–H groups in total. The van der Waals surface area contributed by atoms with E-state index in [1.54, 1.807) is 19.3 Å². The Morgan fingerprint density at radius 2 is 1.79 bits per heavy atom. The van der Waals surface area contributed by atoms with Crippen molar-refractivity contribution in [1.82, 2.24) is 9.71 Å². The minimum Gasteiger partial charge on any atom is -0.462 e. The lowest BCUT2D eigenvalue weighted by Crippen LogP contribution is -2.23. The minimum absolute atomic E-state index is 0.124. The molecule has 0 amide bonds. The van der Waals surface area contributed by atoms with Gasteiger partial charge in [-0.15, -0.1) is 0 Å². The number of aryl methyl sites for hydroxylation is 1. The molecule has 0 aliphatic carbocycles. The van der Waals surface area contributed by atoms with Gasteiger partial charge in [0.1, 0.15) is 0 Å². The topological polar surface area (TPSA) is 85.4 Å². The van der Waals surface area contributed by atoms with Crippen LogP contribution < -0.4 is 4.72 Å². The van der Waals surface area contributed by atoms with Crippen molar-refractivity contribution in [2.75, 3.05) is 13.2 Å². The number of sulfonamides is 1. The van der Waals surface area contributed by atoms with Gasteiger partial charge in [-0.1, -0.05) is 6.92 Å². The Kier molecular flexibility index (Phi) is 6.45. The lowest BCUT2D eigenvalue weighted by Gasteiger charge is -2.07. The number of pyridine rings is 1. The third-order valence-electron chi connectivity index (χ3n) is 3.33. The highest BCUT2D eigenvalue weighted by atomic mass is 32.2. The van der Waals surface area contributed by atoms with Gasteiger partial charge in [-0.05, 0) is 54.8 Å². The summed E-state index contributed by atoms with van der Waals surface area (Å²) in [5, 5.41) is 0. The van der Waals surface area contributed by atoms with Gasteiger partial charge in [-0.25, -0.2) is 17.9 Å². The zero-order valence-electron chi connectivity index (χ0n) is 13.4. The minimum atomic E-state index is -3.51. The van der Waals surface area contributed by atoms with Gasteiger partial charge < -0.3 is 4.74 Å². The smallest absolute Gasteiger partial charge is 0.338 e. The first-order valence-corrected chi connectivity index (χ1v) is 9.17. The Hall–Kier alpha value is -2.25. The second kappa shape index (κ2) is 8.56. The molecule has 0 saturated heterocycles. The maximum atomic E-state index is 11.9. The van der Waals surface area contributed by atoms with Crippen molar-refractivity contribution >= 4 is 16.0 Å². The van der Waals surface area contributed by atoms with Crippen LogP contribution in [0.5, 0.6) is 0 Å². The first kappa shape index (κ1) is 18.1. The highest BCUT2D eigenvalue weighted by molar-refractivity contribution is 7.89. The molecule has 7 heteroatoms. The fourth-order valence-corrected chi connectivity index (χ4v) is 3.16. The second-order valence-corrected chi connectivity index (χ2v) is 6.89. The summed E-state index contributed by atoms with van der Waals surface area (Å²) in [4.78, 5) is 16.0. The Labute approximate surface area is 141 Å². The molecule has 2 aromatic rings. The van der Waals surface area contributed by atoms with E-state index in [2.05, 4.69) is 9.71 Å². The van der Waals surface area contributed by atoms with Crippen molar-refractivity contribution in [2.24, 2.45) is 0 Å². The zero-order chi connectivity index (χ0) is 17.4. The van der Waals surface area contributed by atoms with E-state index in [0.29, 0.717) is 25.1 Å². The van der Waals surface area contributed by atoms with Crippen molar-refractivity contribution in [1.29, 1.82) is 0 Å². The van der Waals surface area contributed by atoms with E-state index in [1.807, 2.05) is 12.1 Å². The van der Waals surface area contributed by atoms with Crippen LogP contribution in [-0.2, 0) is 21.2 Å². The van der Waals surface area contributed by atoms with E-state index in [4.69, 9.17) is 4.74 Å². The van der Waals surface area contributed by atoms with E-state index in [9.17, 15) is 13.2 Å². The quantitative estimate of drug-likeness (QED) is 0.584. The normalized spacial score (nSPS) is 11.2. The van der Waals surface area contributed by atoms with E-state index >= 15 is 0 Å². The van der Waals surface area contributed by atoms with Crippen molar-refractivity contribution in [3.8, 4) is 0 Å². The number of hydrogen-bond donors (Lipinski definition) is 1. The summed E-state index contributed by atoms with van der Waals surface area (Å²) in [6.07, 6.45) is 4.97. The molecule has 0 unspecified atom stereocenters. The van der Waals surface area contributed by atoms with Crippen molar-refractivity contribution in [3.63, 3.8) is 0 Å². The van der Waals surface area contributed by atoms with Crippen LogP contribution in [0.2, 0.25) is 0 Å². The molecule has 0 spiro atoms. The van der Waals surface area contributed by atoms with Gasteiger partial charge in [-0.2, -0.15) is 0 Å². The molecule has 0 radical (unpaired) electrons. The highest BCUT2D eigenvalue weighted by Gasteiger charge is 2.14. The van der Waals surface area contributed by atoms with Crippen LogP contribution in [0.3, 0.4) is 0 Å². The van der Waals surface area contributed by atoms with Gasteiger partial charge in [-0.3, -0.25) is 4.98 Å². The molecule has 0 atom stereocenters. The summed E-state index contributed by atoms with van der Waals surface area (Å²) in [5.74, 6) is -0.461. The monoisotopic (exact) mass is 348 g/mol. The average Bonchev–Trinajstić information content (AvgIpc) is 2.59. The molecule has 1 heterocycles. The molecular weight excluding hydrogens is 328 g/mol. The number of hydrogen-bond acceptors (Lipinski definition) is 5. The summed E-state index contributed by atoms with van der Waals surface area (Å²) in [7, 11) is -3.51. The Morgan fingerprint density at radius 3 is 2.42 bits per heavy atom. The molecule has 6 nitrogen and oxygen atoms in total. The van der Waals surface area contributed by atoms with E-state index in [1.165, 1.54) is 24.3 Å². The van der Waals surface area contributed by atoms with Gasteiger partial charge in [0, 0.05) is 18.9 Å². The van der Waals surface area contributed by atoms with E-state index in [0.717, 1.165) is 12.0 Å². The predicted octanol–water partition coefficient (Wildman–Crippen LogP) is 2.17. The number of rotatable bonds is 8. The zero-order valence-corrected chi connectivity index (χ0v) is 14.3. The van der Waals surface area contributed by atoms with Crippen LogP contribution >= 0.6 is 0 Å². The summed E-state index contributed by atoms with van der Waals surface area (Å²) in [5.41, 5.74) is 1.47. The van der Waals surface area contributed by atoms with Crippen molar-refractivity contribution in [3.05, 3.63) is 59.9 Å². The lowest BCUT2D eigenvalue weighted by atomic mass is 10.1. The largest absolute Gasteiger partial charge is 0.462 e. The third kappa shape index (κ3) is 5.14. The molecule has 0 aliphatic heterocycles. The predicted molar refractivity (Wildman–Crippen MR) is 90.1 cm³/mol. The van der Waals surface area contributed by atoms with Crippen LogP contribution in [0.1, 0.15) is 29.3 Å². The Balaban J connectivity index is 1.84. The number of esters is 1. The molecule has 0 fully saturated rings. The lowest BCUT2D eigenvalue weighted by molar-refractivity contribution is 0.0500. The van der Waals surface area contributed by atoms with Crippen LogP contribution in [0, 0.1) is 0 Å². The van der Waals surface area contributed by atoms with Gasteiger partial charge in [0.2, 0.25) is 10.0 Å². The van der Waals surface area contributed by atoms with Crippen LogP contribution in [0.25, 0.3) is 0 Å². The average molecular weight is 348 g/mol. The first-order valence-electron chi connectivity index (χ1n) is 7.68. The fourth-order valence-electron chi connectivity index (χ4n) is 2.12. The third-order valence-corrected chi connectivity index (χ3v) is 4.89. The molecular formula is C17H20N2O4S. The van der Waals surface area contributed by atoms with Crippen LogP contribution in [-0.4, -0.2) is 32.5 Å². The molecule has 1 aromatic heterocycles.